The van der Waals surface area contributed by atoms with E-state index in [0.717, 1.165) is 5.56 Å². The van der Waals surface area contributed by atoms with Gasteiger partial charge in [0.1, 0.15) is 22.9 Å². The number of aliphatic hydroxyl groups excluding tert-OH is 1. The molecule has 0 aliphatic rings. The number of rotatable bonds is 7. The highest BCUT2D eigenvalue weighted by Gasteiger charge is 2.30. The molecule has 0 saturated heterocycles. The first-order chi connectivity index (χ1) is 13.7. The Kier molecular flexibility index (Phi) is 5.85. The van der Waals surface area contributed by atoms with Crippen molar-refractivity contribution in [3.05, 3.63) is 47.8 Å². The van der Waals surface area contributed by atoms with Gasteiger partial charge in [-0.2, -0.15) is 0 Å². The molecule has 3 aromatic rings. The number of hydrogen-bond acceptors (Lipinski definition) is 7. The molecule has 0 fully saturated rings. The topological polar surface area (TPSA) is 109 Å². The molecule has 29 heavy (non-hydrogen) atoms. The van der Waals surface area contributed by atoms with E-state index in [-0.39, 0.29) is 11.4 Å². The van der Waals surface area contributed by atoms with Crippen LogP contribution >= 0.6 is 0 Å². The second kappa shape index (κ2) is 8.18. The third kappa shape index (κ3) is 4.72. The van der Waals surface area contributed by atoms with Gasteiger partial charge >= 0.3 is 0 Å². The van der Waals surface area contributed by atoms with Crippen molar-refractivity contribution in [3.8, 4) is 11.4 Å². The van der Waals surface area contributed by atoms with Crippen molar-refractivity contribution in [1.82, 2.24) is 25.0 Å². The molecule has 0 aromatic carbocycles. The first-order valence-electron chi connectivity index (χ1n) is 8.95. The Hall–Kier alpha value is -2.98. The average molecular weight is 404 g/mol. The van der Waals surface area contributed by atoms with Crippen LogP contribution in [0.4, 0.5) is 20.4 Å². The summed E-state index contributed by atoms with van der Waals surface area (Å²) < 4.78 is 27.2. The van der Waals surface area contributed by atoms with Gasteiger partial charge in [-0.15, -0.1) is 5.10 Å². The van der Waals surface area contributed by atoms with Crippen molar-refractivity contribution in [2.75, 3.05) is 11.9 Å². The fourth-order valence-electron chi connectivity index (χ4n) is 2.65. The monoisotopic (exact) mass is 404 g/mol. The second-order valence-corrected chi connectivity index (χ2v) is 7.09. The summed E-state index contributed by atoms with van der Waals surface area (Å²) in [4.78, 5) is 8.51. The highest BCUT2D eigenvalue weighted by Crippen LogP contribution is 2.26. The number of nitrogens with one attached hydrogen (secondary N) is 1. The summed E-state index contributed by atoms with van der Waals surface area (Å²) in [6.45, 7) is 4.66. The maximum atomic E-state index is 12.9. The van der Waals surface area contributed by atoms with E-state index in [1.807, 2.05) is 6.92 Å². The predicted molar refractivity (Wildman–Crippen MR) is 103 cm³/mol. The van der Waals surface area contributed by atoms with Crippen LogP contribution in [-0.4, -0.2) is 47.4 Å². The minimum absolute atomic E-state index is 0.136. The number of aryl methyl sites for hydroxylation is 1. The maximum Gasteiger partial charge on any atom is 0.264 e. The zero-order valence-electron chi connectivity index (χ0n) is 16.2. The standard InChI is InChI=1S/C19H22F2N6O2/c1-11-6-14(15-9-27(26-25-15)12(2)19(3,29)10-28)23-17(7-11)24-16-8-13(18(20)21)4-5-22-16/h4-9,12,18,28-29H,10H2,1-3H3,(H,22,23,24)/t12-,19+/m0/s1. The number of pyridine rings is 2. The molecule has 3 heterocycles. The van der Waals surface area contributed by atoms with Crippen LogP contribution in [0.25, 0.3) is 11.4 Å². The van der Waals surface area contributed by atoms with Crippen LogP contribution in [0.5, 0.6) is 0 Å². The van der Waals surface area contributed by atoms with E-state index >= 15 is 0 Å². The first-order valence-corrected chi connectivity index (χ1v) is 8.95. The Bertz CT molecular complexity index is 992. The Morgan fingerprint density at radius 2 is 1.97 bits per heavy atom. The van der Waals surface area contributed by atoms with Gasteiger partial charge in [0.2, 0.25) is 0 Å². The zero-order chi connectivity index (χ0) is 21.2. The molecule has 0 aliphatic carbocycles. The Morgan fingerprint density at radius 1 is 1.21 bits per heavy atom. The third-order valence-electron chi connectivity index (χ3n) is 4.65. The molecule has 0 spiro atoms. The van der Waals surface area contributed by atoms with Crippen LogP contribution in [0.1, 0.15) is 37.4 Å². The fraction of sp³-hybridized carbons (Fsp3) is 0.368. The average Bonchev–Trinajstić information content (AvgIpc) is 3.17. The van der Waals surface area contributed by atoms with Crippen LogP contribution in [0.15, 0.2) is 36.7 Å². The van der Waals surface area contributed by atoms with Crippen LogP contribution in [0, 0.1) is 6.92 Å². The number of anilines is 2. The number of alkyl halides is 2. The van der Waals surface area contributed by atoms with Crippen LogP contribution in [0.2, 0.25) is 0 Å². The summed E-state index contributed by atoms with van der Waals surface area (Å²) in [6, 6.07) is 5.56. The van der Waals surface area contributed by atoms with E-state index in [0.29, 0.717) is 17.2 Å². The van der Waals surface area contributed by atoms with E-state index in [1.54, 1.807) is 25.3 Å². The molecule has 154 valence electrons. The summed E-state index contributed by atoms with van der Waals surface area (Å²) in [5.41, 5.74) is 0.348. The van der Waals surface area contributed by atoms with Gasteiger partial charge in [0.25, 0.3) is 6.43 Å². The molecule has 0 aliphatic heterocycles. The normalized spacial score (nSPS) is 14.6. The molecule has 3 rings (SSSR count). The third-order valence-corrected chi connectivity index (χ3v) is 4.65. The molecule has 0 radical (unpaired) electrons. The molecule has 2 atom stereocenters. The Morgan fingerprint density at radius 3 is 2.66 bits per heavy atom. The van der Waals surface area contributed by atoms with Gasteiger partial charge in [0, 0.05) is 11.8 Å². The van der Waals surface area contributed by atoms with Gasteiger partial charge in [-0.05, 0) is 50.6 Å². The van der Waals surface area contributed by atoms with Gasteiger partial charge in [0.15, 0.2) is 0 Å². The Labute approximate surface area is 166 Å². The number of aliphatic hydroxyl groups is 2. The smallest absolute Gasteiger partial charge is 0.264 e. The second-order valence-electron chi connectivity index (χ2n) is 7.09. The summed E-state index contributed by atoms with van der Waals surface area (Å²) in [5, 5.41) is 30.6. The van der Waals surface area contributed by atoms with Crippen molar-refractivity contribution in [1.29, 1.82) is 0 Å². The highest BCUT2D eigenvalue weighted by molar-refractivity contribution is 5.61. The lowest BCUT2D eigenvalue weighted by Crippen LogP contribution is -2.38. The van der Waals surface area contributed by atoms with Crippen molar-refractivity contribution < 1.29 is 19.0 Å². The van der Waals surface area contributed by atoms with E-state index in [4.69, 9.17) is 0 Å². The number of aromatic nitrogens is 5. The molecule has 3 N–H and O–H groups in total. The predicted octanol–water partition coefficient (Wildman–Crippen LogP) is 3.03. The van der Waals surface area contributed by atoms with Gasteiger partial charge in [-0.3, -0.25) is 0 Å². The molecule has 0 saturated carbocycles. The maximum absolute atomic E-state index is 12.9. The van der Waals surface area contributed by atoms with Gasteiger partial charge in [0.05, 0.1) is 24.5 Å². The summed E-state index contributed by atoms with van der Waals surface area (Å²) in [7, 11) is 0. The van der Waals surface area contributed by atoms with Crippen LogP contribution in [-0.2, 0) is 0 Å². The molecule has 0 unspecified atom stereocenters. The number of halogens is 2. The highest BCUT2D eigenvalue weighted by atomic mass is 19.3. The lowest BCUT2D eigenvalue weighted by molar-refractivity contribution is -0.0393. The van der Waals surface area contributed by atoms with Crippen LogP contribution < -0.4 is 5.32 Å². The molecule has 0 amide bonds. The van der Waals surface area contributed by atoms with Crippen LogP contribution in [0.3, 0.4) is 0 Å². The fourth-order valence-corrected chi connectivity index (χ4v) is 2.65. The quantitative estimate of drug-likeness (QED) is 0.555. The molecule has 10 heteroatoms. The summed E-state index contributed by atoms with van der Waals surface area (Å²) in [6.07, 6.45) is 0.337. The molecular formula is C19H22F2N6O2. The minimum Gasteiger partial charge on any atom is -0.393 e. The summed E-state index contributed by atoms with van der Waals surface area (Å²) in [5.74, 6) is 0.673. The largest absolute Gasteiger partial charge is 0.393 e. The van der Waals surface area contributed by atoms with Crippen molar-refractivity contribution in [2.45, 2.75) is 38.8 Å². The van der Waals surface area contributed by atoms with E-state index < -0.39 is 24.7 Å². The van der Waals surface area contributed by atoms with E-state index in [1.165, 1.54) is 29.9 Å². The number of hydrogen-bond donors (Lipinski definition) is 3. The SMILES string of the molecule is Cc1cc(Nc2cc(C(F)F)ccn2)nc(-c2cn([C@@H](C)[C@](C)(O)CO)nn2)c1. The first kappa shape index (κ1) is 20.7. The summed E-state index contributed by atoms with van der Waals surface area (Å²) >= 11 is 0. The van der Waals surface area contributed by atoms with Crippen molar-refractivity contribution in [2.24, 2.45) is 0 Å². The van der Waals surface area contributed by atoms with E-state index in [9.17, 15) is 19.0 Å². The Balaban J connectivity index is 1.87. The van der Waals surface area contributed by atoms with E-state index in [2.05, 4.69) is 25.6 Å². The molecule has 0 bridgehead atoms. The zero-order valence-corrected chi connectivity index (χ0v) is 16.2. The lowest BCUT2D eigenvalue weighted by Gasteiger charge is -2.27. The molecular weight excluding hydrogens is 382 g/mol. The molecule has 3 aromatic heterocycles. The van der Waals surface area contributed by atoms with Gasteiger partial charge < -0.3 is 15.5 Å². The lowest BCUT2D eigenvalue weighted by atomic mass is 9.99. The minimum atomic E-state index is -2.59. The van der Waals surface area contributed by atoms with Crippen molar-refractivity contribution in [3.63, 3.8) is 0 Å². The van der Waals surface area contributed by atoms with Gasteiger partial charge in [-0.1, -0.05) is 5.21 Å². The van der Waals surface area contributed by atoms with Crippen molar-refractivity contribution >= 4 is 11.6 Å². The molecule has 8 nitrogen and oxygen atoms in total. The number of nitrogens with zero attached hydrogens (tertiary/aromatic N) is 5. The van der Waals surface area contributed by atoms with Gasteiger partial charge in [-0.25, -0.2) is 23.4 Å².